The molecule has 1 aromatic rings. The standard InChI is InChI=1S/C14H19NO2/c1-10(2)14(16)17-6-5-15-13-8-11(3)7-12(4)9-13/h7-9,15H,1,5-6H2,2-4H3. The third kappa shape index (κ3) is 4.72. The highest BCUT2D eigenvalue weighted by Crippen LogP contribution is 2.13. The Morgan fingerprint density at radius 1 is 1.29 bits per heavy atom. The van der Waals surface area contributed by atoms with Crippen molar-refractivity contribution >= 4 is 11.7 Å². The molecule has 0 amide bonds. The average molecular weight is 233 g/mol. The molecule has 3 nitrogen and oxygen atoms in total. The van der Waals surface area contributed by atoms with Crippen molar-refractivity contribution in [2.75, 3.05) is 18.5 Å². The van der Waals surface area contributed by atoms with Crippen molar-refractivity contribution in [3.05, 3.63) is 41.5 Å². The first-order valence-electron chi connectivity index (χ1n) is 5.64. The normalized spacial score (nSPS) is 9.82. The maximum atomic E-state index is 11.1. The van der Waals surface area contributed by atoms with Crippen molar-refractivity contribution in [2.24, 2.45) is 0 Å². The fourth-order valence-electron chi connectivity index (χ4n) is 1.54. The molecule has 0 radical (unpaired) electrons. The molecule has 0 aliphatic rings. The zero-order valence-corrected chi connectivity index (χ0v) is 10.7. The first kappa shape index (κ1) is 13.3. The van der Waals surface area contributed by atoms with Crippen molar-refractivity contribution in [3.63, 3.8) is 0 Å². The lowest BCUT2D eigenvalue weighted by molar-refractivity contribution is -0.138. The average Bonchev–Trinajstić information content (AvgIpc) is 2.22. The Morgan fingerprint density at radius 2 is 1.88 bits per heavy atom. The van der Waals surface area contributed by atoms with Crippen LogP contribution in [0.15, 0.2) is 30.4 Å². The van der Waals surface area contributed by atoms with E-state index < -0.39 is 0 Å². The van der Waals surface area contributed by atoms with E-state index in [1.165, 1.54) is 11.1 Å². The molecule has 0 aliphatic heterocycles. The smallest absolute Gasteiger partial charge is 0.333 e. The van der Waals surface area contributed by atoms with Crippen LogP contribution in [0.25, 0.3) is 0 Å². The van der Waals surface area contributed by atoms with Gasteiger partial charge in [0.15, 0.2) is 0 Å². The summed E-state index contributed by atoms with van der Waals surface area (Å²) >= 11 is 0. The molecular formula is C14H19NO2. The lowest BCUT2D eigenvalue weighted by atomic mass is 10.1. The molecular weight excluding hydrogens is 214 g/mol. The molecule has 1 rings (SSSR count). The molecule has 17 heavy (non-hydrogen) atoms. The molecule has 1 aromatic carbocycles. The molecule has 0 bridgehead atoms. The van der Waals surface area contributed by atoms with E-state index >= 15 is 0 Å². The van der Waals surface area contributed by atoms with Gasteiger partial charge in [0.05, 0.1) is 0 Å². The number of benzene rings is 1. The van der Waals surface area contributed by atoms with Gasteiger partial charge in [-0.25, -0.2) is 4.79 Å². The van der Waals surface area contributed by atoms with Crippen LogP contribution in [0.2, 0.25) is 0 Å². The number of carbonyl (C=O) groups is 1. The lowest BCUT2D eigenvalue weighted by Gasteiger charge is -2.09. The number of nitrogens with one attached hydrogen (secondary N) is 1. The minimum atomic E-state index is -0.341. The molecule has 3 heteroatoms. The molecule has 92 valence electrons. The van der Waals surface area contributed by atoms with Crippen molar-refractivity contribution in [1.29, 1.82) is 0 Å². The van der Waals surface area contributed by atoms with E-state index in [9.17, 15) is 4.79 Å². The minimum Gasteiger partial charge on any atom is -0.460 e. The van der Waals surface area contributed by atoms with Gasteiger partial charge in [-0.05, 0) is 44.0 Å². The first-order chi connectivity index (χ1) is 7.99. The summed E-state index contributed by atoms with van der Waals surface area (Å²) in [5, 5.41) is 3.21. The Hall–Kier alpha value is -1.77. The summed E-state index contributed by atoms with van der Waals surface area (Å²) in [6, 6.07) is 6.24. The predicted molar refractivity (Wildman–Crippen MR) is 70.2 cm³/mol. The molecule has 0 unspecified atom stereocenters. The summed E-state index contributed by atoms with van der Waals surface area (Å²) in [6.07, 6.45) is 0. The molecule has 0 saturated heterocycles. The molecule has 0 spiro atoms. The van der Waals surface area contributed by atoms with Gasteiger partial charge in [-0.2, -0.15) is 0 Å². The Bertz CT molecular complexity index is 404. The maximum absolute atomic E-state index is 11.1. The van der Waals surface area contributed by atoms with E-state index in [0.717, 1.165) is 5.69 Å². The zero-order valence-electron chi connectivity index (χ0n) is 10.7. The molecule has 0 fully saturated rings. The van der Waals surface area contributed by atoms with Gasteiger partial charge < -0.3 is 10.1 Å². The topological polar surface area (TPSA) is 38.3 Å². The molecule has 0 heterocycles. The van der Waals surface area contributed by atoms with Crippen LogP contribution in [0.4, 0.5) is 5.69 Å². The number of hydrogen-bond acceptors (Lipinski definition) is 3. The summed E-state index contributed by atoms with van der Waals surface area (Å²) < 4.78 is 4.98. The highest BCUT2D eigenvalue weighted by Gasteiger charge is 2.02. The number of anilines is 1. The van der Waals surface area contributed by atoms with E-state index in [1.807, 2.05) is 0 Å². The lowest BCUT2D eigenvalue weighted by Crippen LogP contribution is -2.14. The molecule has 0 atom stereocenters. The van der Waals surface area contributed by atoms with Gasteiger partial charge in [0.25, 0.3) is 0 Å². The Labute approximate surface area is 102 Å². The monoisotopic (exact) mass is 233 g/mol. The van der Waals surface area contributed by atoms with E-state index in [2.05, 4.69) is 43.9 Å². The van der Waals surface area contributed by atoms with Crippen LogP contribution >= 0.6 is 0 Å². The highest BCUT2D eigenvalue weighted by molar-refractivity contribution is 5.86. The number of aryl methyl sites for hydroxylation is 2. The molecule has 0 aromatic heterocycles. The van der Waals surface area contributed by atoms with E-state index in [1.54, 1.807) is 6.92 Å². The third-order valence-electron chi connectivity index (χ3n) is 2.23. The van der Waals surface area contributed by atoms with Crippen LogP contribution in [0, 0.1) is 13.8 Å². The fraction of sp³-hybridized carbons (Fsp3) is 0.357. The summed E-state index contributed by atoms with van der Waals surface area (Å²) in [5.41, 5.74) is 3.91. The Morgan fingerprint density at radius 3 is 2.41 bits per heavy atom. The highest BCUT2D eigenvalue weighted by atomic mass is 16.5. The van der Waals surface area contributed by atoms with E-state index in [-0.39, 0.29) is 5.97 Å². The molecule has 0 saturated carbocycles. The van der Waals surface area contributed by atoms with Crippen molar-refractivity contribution < 1.29 is 9.53 Å². The van der Waals surface area contributed by atoms with Gasteiger partial charge in [0, 0.05) is 17.8 Å². The Kier molecular flexibility index (Phi) is 4.76. The van der Waals surface area contributed by atoms with Crippen LogP contribution in [0.3, 0.4) is 0 Å². The number of esters is 1. The summed E-state index contributed by atoms with van der Waals surface area (Å²) in [6.45, 7) is 10.2. The van der Waals surface area contributed by atoms with Gasteiger partial charge in [0.2, 0.25) is 0 Å². The van der Waals surface area contributed by atoms with Gasteiger partial charge in [-0.1, -0.05) is 12.6 Å². The third-order valence-corrected chi connectivity index (χ3v) is 2.23. The first-order valence-corrected chi connectivity index (χ1v) is 5.64. The molecule has 1 N–H and O–H groups in total. The van der Waals surface area contributed by atoms with E-state index in [4.69, 9.17) is 4.74 Å². The van der Waals surface area contributed by atoms with Crippen LogP contribution in [0.1, 0.15) is 18.1 Å². The van der Waals surface area contributed by atoms with Crippen molar-refractivity contribution in [3.8, 4) is 0 Å². The van der Waals surface area contributed by atoms with Gasteiger partial charge >= 0.3 is 5.97 Å². The number of ether oxygens (including phenoxy) is 1. The van der Waals surface area contributed by atoms with Crippen LogP contribution in [-0.2, 0) is 9.53 Å². The fourth-order valence-corrected chi connectivity index (χ4v) is 1.54. The van der Waals surface area contributed by atoms with Gasteiger partial charge in [-0.3, -0.25) is 0 Å². The molecule has 0 aliphatic carbocycles. The summed E-state index contributed by atoms with van der Waals surface area (Å²) in [7, 11) is 0. The summed E-state index contributed by atoms with van der Waals surface area (Å²) in [5.74, 6) is -0.341. The van der Waals surface area contributed by atoms with Crippen LogP contribution < -0.4 is 5.32 Å². The number of carbonyl (C=O) groups excluding carboxylic acids is 1. The van der Waals surface area contributed by atoms with Crippen LogP contribution in [0.5, 0.6) is 0 Å². The number of rotatable bonds is 5. The summed E-state index contributed by atoms with van der Waals surface area (Å²) in [4.78, 5) is 11.1. The SMILES string of the molecule is C=C(C)C(=O)OCCNc1cc(C)cc(C)c1. The van der Waals surface area contributed by atoms with Crippen LogP contribution in [-0.4, -0.2) is 19.1 Å². The quantitative estimate of drug-likeness (QED) is 0.483. The Balaban J connectivity index is 2.36. The van der Waals surface area contributed by atoms with Gasteiger partial charge in [-0.15, -0.1) is 0 Å². The van der Waals surface area contributed by atoms with Crippen molar-refractivity contribution in [2.45, 2.75) is 20.8 Å². The second-order valence-electron chi connectivity index (χ2n) is 4.22. The second-order valence-corrected chi connectivity index (χ2v) is 4.22. The second kappa shape index (κ2) is 6.09. The maximum Gasteiger partial charge on any atom is 0.333 e. The van der Waals surface area contributed by atoms with E-state index in [0.29, 0.717) is 18.7 Å². The zero-order chi connectivity index (χ0) is 12.8. The van der Waals surface area contributed by atoms with Gasteiger partial charge in [0.1, 0.15) is 6.61 Å². The largest absolute Gasteiger partial charge is 0.460 e. The minimum absolute atomic E-state index is 0.341. The predicted octanol–water partition coefficient (Wildman–Crippen LogP) is 2.83. The van der Waals surface area contributed by atoms with Crippen molar-refractivity contribution in [1.82, 2.24) is 0 Å². The number of hydrogen-bond donors (Lipinski definition) is 1.